The maximum Gasteiger partial charge on any atom is 0.243 e. The van der Waals surface area contributed by atoms with Gasteiger partial charge in [-0.15, -0.1) is 0 Å². The summed E-state index contributed by atoms with van der Waals surface area (Å²) < 4.78 is 40.0. The van der Waals surface area contributed by atoms with E-state index in [4.69, 9.17) is 9.47 Å². The van der Waals surface area contributed by atoms with Crippen molar-refractivity contribution < 1.29 is 17.9 Å². The predicted octanol–water partition coefficient (Wildman–Crippen LogP) is 2.53. The second kappa shape index (κ2) is 7.02. The van der Waals surface area contributed by atoms with Crippen molar-refractivity contribution in [1.82, 2.24) is 9.62 Å². The highest BCUT2D eigenvalue weighted by atomic mass is 32.2. The zero-order chi connectivity index (χ0) is 18.2. The molecule has 0 amide bonds. The van der Waals surface area contributed by atoms with E-state index in [-0.39, 0.29) is 11.6 Å². The topological polar surface area (TPSA) is 67.9 Å². The third-order valence-electron chi connectivity index (χ3n) is 5.92. The van der Waals surface area contributed by atoms with Gasteiger partial charge in [0.15, 0.2) is 11.5 Å². The van der Waals surface area contributed by atoms with Crippen LogP contribution in [-0.4, -0.2) is 50.6 Å². The van der Waals surface area contributed by atoms with Crippen molar-refractivity contribution >= 4 is 10.0 Å². The zero-order valence-corrected chi connectivity index (χ0v) is 16.2. The first-order valence-corrected chi connectivity index (χ1v) is 11.2. The van der Waals surface area contributed by atoms with Gasteiger partial charge in [0.1, 0.15) is 13.2 Å². The van der Waals surface area contributed by atoms with Gasteiger partial charge in [0.2, 0.25) is 10.0 Å². The second-order valence-electron chi connectivity index (χ2n) is 7.59. The normalized spacial score (nSPS) is 25.5. The molecule has 6 nitrogen and oxygen atoms in total. The molecular formula is C19H28N2O4S. The van der Waals surface area contributed by atoms with E-state index in [9.17, 15) is 8.42 Å². The van der Waals surface area contributed by atoms with E-state index < -0.39 is 10.0 Å². The monoisotopic (exact) mass is 380 g/mol. The summed E-state index contributed by atoms with van der Waals surface area (Å²) >= 11 is 0. The summed E-state index contributed by atoms with van der Waals surface area (Å²) in [5.41, 5.74) is -0.239. The maximum absolute atomic E-state index is 13.5. The zero-order valence-electron chi connectivity index (χ0n) is 15.4. The first kappa shape index (κ1) is 18.1. The predicted molar refractivity (Wildman–Crippen MR) is 99.2 cm³/mol. The Bertz CT molecular complexity index is 759. The van der Waals surface area contributed by atoms with E-state index in [1.54, 1.807) is 22.5 Å². The van der Waals surface area contributed by atoms with Gasteiger partial charge in [-0.25, -0.2) is 8.42 Å². The lowest BCUT2D eigenvalue weighted by Gasteiger charge is -2.40. The largest absolute Gasteiger partial charge is 0.486 e. The van der Waals surface area contributed by atoms with Crippen LogP contribution in [0.3, 0.4) is 0 Å². The summed E-state index contributed by atoms with van der Waals surface area (Å²) in [4.78, 5) is 0.309. The molecule has 7 heteroatoms. The van der Waals surface area contributed by atoms with Crippen LogP contribution in [-0.2, 0) is 10.0 Å². The molecule has 0 bridgehead atoms. The molecule has 1 aromatic carbocycles. The van der Waals surface area contributed by atoms with Crippen LogP contribution in [0.25, 0.3) is 0 Å². The van der Waals surface area contributed by atoms with Crippen molar-refractivity contribution in [2.75, 3.05) is 26.3 Å². The first-order valence-electron chi connectivity index (χ1n) is 9.71. The van der Waals surface area contributed by atoms with Crippen molar-refractivity contribution in [3.63, 3.8) is 0 Å². The molecule has 4 rings (SSSR count). The van der Waals surface area contributed by atoms with Crippen molar-refractivity contribution in [3.8, 4) is 11.5 Å². The Labute approximate surface area is 155 Å². The SMILES string of the molecule is CCNC1CN(S(=O)(=O)c2ccc3c(c2)OCCO3)C2(CCCCC2)C1. The summed E-state index contributed by atoms with van der Waals surface area (Å²) in [6.07, 6.45) is 6.23. The maximum atomic E-state index is 13.5. The highest BCUT2D eigenvalue weighted by Gasteiger charge is 2.51. The van der Waals surface area contributed by atoms with E-state index in [1.807, 2.05) is 0 Å². The number of likely N-dealkylation sites (N-methyl/N-ethyl adjacent to an activating group) is 1. The number of fused-ring (bicyclic) bond motifs is 1. The molecule has 2 fully saturated rings. The van der Waals surface area contributed by atoms with Crippen LogP contribution in [0, 0.1) is 0 Å². The van der Waals surface area contributed by atoms with Crippen LogP contribution >= 0.6 is 0 Å². The number of nitrogens with zero attached hydrogens (tertiary/aromatic N) is 1. The third kappa shape index (κ3) is 3.10. The van der Waals surface area contributed by atoms with Crippen molar-refractivity contribution in [2.24, 2.45) is 0 Å². The molecule has 1 spiro atoms. The number of nitrogens with one attached hydrogen (secondary N) is 1. The molecular weight excluding hydrogens is 352 g/mol. The fourth-order valence-electron chi connectivity index (χ4n) is 4.77. The molecule has 1 unspecified atom stereocenters. The summed E-state index contributed by atoms with van der Waals surface area (Å²) in [6, 6.07) is 5.22. The Morgan fingerprint density at radius 2 is 1.88 bits per heavy atom. The number of hydrogen-bond donors (Lipinski definition) is 1. The molecule has 2 aliphatic heterocycles. The minimum atomic E-state index is -3.57. The molecule has 144 valence electrons. The molecule has 3 aliphatic rings. The Morgan fingerprint density at radius 3 is 2.62 bits per heavy atom. The van der Waals surface area contributed by atoms with Crippen LogP contribution < -0.4 is 14.8 Å². The highest BCUT2D eigenvalue weighted by Crippen LogP contribution is 2.45. The second-order valence-corrected chi connectivity index (χ2v) is 9.45. The van der Waals surface area contributed by atoms with Gasteiger partial charge >= 0.3 is 0 Å². The summed E-state index contributed by atoms with van der Waals surface area (Å²) in [7, 11) is -3.57. The molecule has 1 atom stereocenters. The quantitative estimate of drug-likeness (QED) is 0.869. The molecule has 1 aliphatic carbocycles. The van der Waals surface area contributed by atoms with Gasteiger partial charge in [0, 0.05) is 24.2 Å². The van der Waals surface area contributed by atoms with Crippen molar-refractivity contribution in [1.29, 1.82) is 0 Å². The molecule has 1 N–H and O–H groups in total. The minimum Gasteiger partial charge on any atom is -0.486 e. The highest BCUT2D eigenvalue weighted by molar-refractivity contribution is 7.89. The summed E-state index contributed by atoms with van der Waals surface area (Å²) in [6.45, 7) is 4.43. The third-order valence-corrected chi connectivity index (χ3v) is 7.89. The fraction of sp³-hybridized carbons (Fsp3) is 0.684. The van der Waals surface area contributed by atoms with Crippen LogP contribution in [0.4, 0.5) is 0 Å². The number of benzene rings is 1. The van der Waals surface area contributed by atoms with Gasteiger partial charge in [-0.1, -0.05) is 26.2 Å². The average Bonchev–Trinajstić information content (AvgIpc) is 3.00. The average molecular weight is 381 g/mol. The van der Waals surface area contributed by atoms with Crippen LogP contribution in [0.15, 0.2) is 23.1 Å². The van der Waals surface area contributed by atoms with Gasteiger partial charge in [-0.2, -0.15) is 4.31 Å². The van der Waals surface area contributed by atoms with Crippen molar-refractivity contribution in [2.45, 2.75) is 61.9 Å². The molecule has 26 heavy (non-hydrogen) atoms. The summed E-state index contributed by atoms with van der Waals surface area (Å²) in [5, 5.41) is 3.47. The first-order chi connectivity index (χ1) is 12.5. The molecule has 0 aromatic heterocycles. The lowest BCUT2D eigenvalue weighted by molar-refractivity contribution is 0.168. The molecule has 1 saturated heterocycles. The standard InChI is InChI=1S/C19H28N2O4S/c1-2-20-15-13-19(8-4-3-5-9-19)21(14-15)26(22,23)16-6-7-17-18(12-16)25-11-10-24-17/h6-7,12,15,20H,2-5,8-11,13-14H2,1H3. The Balaban J connectivity index is 1.68. The van der Waals surface area contributed by atoms with Crippen molar-refractivity contribution in [3.05, 3.63) is 18.2 Å². The number of sulfonamides is 1. The Kier molecular flexibility index (Phi) is 4.88. The van der Waals surface area contributed by atoms with Gasteiger partial charge in [0.25, 0.3) is 0 Å². The van der Waals surface area contributed by atoms with Gasteiger partial charge < -0.3 is 14.8 Å². The molecule has 1 aromatic rings. The summed E-state index contributed by atoms with van der Waals surface area (Å²) in [5.74, 6) is 1.15. The smallest absolute Gasteiger partial charge is 0.243 e. The Morgan fingerprint density at radius 1 is 1.15 bits per heavy atom. The lowest BCUT2D eigenvalue weighted by Crippen LogP contribution is -2.48. The molecule has 1 saturated carbocycles. The van der Waals surface area contributed by atoms with Gasteiger partial charge in [-0.05, 0) is 37.9 Å². The number of rotatable bonds is 4. The van der Waals surface area contributed by atoms with Crippen LogP contribution in [0.1, 0.15) is 45.4 Å². The van der Waals surface area contributed by atoms with E-state index in [0.717, 1.165) is 38.6 Å². The van der Waals surface area contributed by atoms with Crippen LogP contribution in [0.2, 0.25) is 0 Å². The number of hydrogen-bond acceptors (Lipinski definition) is 5. The molecule has 2 heterocycles. The van der Waals surface area contributed by atoms with E-state index >= 15 is 0 Å². The van der Waals surface area contributed by atoms with Gasteiger partial charge in [-0.3, -0.25) is 0 Å². The van der Waals surface area contributed by atoms with E-state index in [2.05, 4.69) is 12.2 Å². The fourth-order valence-corrected chi connectivity index (χ4v) is 6.67. The minimum absolute atomic E-state index is 0.227. The Hall–Kier alpha value is -1.31. The van der Waals surface area contributed by atoms with Gasteiger partial charge in [0.05, 0.1) is 4.90 Å². The van der Waals surface area contributed by atoms with E-state index in [0.29, 0.717) is 36.2 Å². The van der Waals surface area contributed by atoms with E-state index in [1.165, 1.54) is 6.42 Å². The molecule has 0 radical (unpaired) electrons. The number of ether oxygens (including phenoxy) is 2. The lowest BCUT2D eigenvalue weighted by atomic mass is 9.80. The van der Waals surface area contributed by atoms with Crippen LogP contribution in [0.5, 0.6) is 11.5 Å².